The smallest absolute Gasteiger partial charge is 0.497 e. The van der Waals surface area contributed by atoms with Crippen LogP contribution in [-0.2, 0) is 47.2 Å². The SMILES string of the molecule is CCCCNc1ncnc2c1ncn2[C@@H]1O[C@H](COP(=O)(O)OP(=O)(O)OP(=O)(O)Cc2cccc3ccccc23)C(OC(=O)Oc2cccc(OC)c2)[C@@H]1OC(=O)Oc1cccc(OC)c1. The second-order valence-corrected chi connectivity index (χ2v) is 19.5. The lowest BCUT2D eigenvalue weighted by molar-refractivity contribution is -0.0565. The number of aromatic nitrogens is 4. The van der Waals surface area contributed by atoms with E-state index in [0.717, 1.165) is 12.8 Å². The molecular weight excluding hydrogens is 943 g/mol. The van der Waals surface area contributed by atoms with Crippen molar-refractivity contribution in [1.29, 1.82) is 0 Å². The van der Waals surface area contributed by atoms with Gasteiger partial charge in [0.15, 0.2) is 35.4 Å². The van der Waals surface area contributed by atoms with E-state index in [2.05, 4.69) is 28.9 Å². The molecule has 0 radical (unpaired) electrons. The highest BCUT2D eigenvalue weighted by Gasteiger charge is 2.53. The van der Waals surface area contributed by atoms with Crippen LogP contribution in [0.1, 0.15) is 31.6 Å². The molecule has 0 saturated carbocycles. The quantitative estimate of drug-likeness (QED) is 0.0244. The van der Waals surface area contributed by atoms with Crippen LogP contribution in [0.3, 0.4) is 0 Å². The van der Waals surface area contributed by atoms with E-state index < -0.39 is 72.9 Å². The number of hydrogen-bond donors (Lipinski definition) is 4. The van der Waals surface area contributed by atoms with Gasteiger partial charge in [0.25, 0.3) is 0 Å². The monoisotopic (exact) mass is 987 g/mol. The zero-order valence-electron chi connectivity index (χ0n) is 35.8. The van der Waals surface area contributed by atoms with Crippen LogP contribution in [0.15, 0.2) is 104 Å². The maximum atomic E-state index is 13.6. The van der Waals surface area contributed by atoms with E-state index in [1.807, 2.05) is 6.92 Å². The number of nitrogens with zero attached hydrogens (tertiary/aromatic N) is 4. The summed E-state index contributed by atoms with van der Waals surface area (Å²) in [6.07, 6.45) is -6.20. The molecule has 1 fully saturated rings. The van der Waals surface area contributed by atoms with Gasteiger partial charge in [-0.15, -0.1) is 0 Å². The molecule has 2 aromatic heterocycles. The molecule has 3 heterocycles. The number of nitrogens with one attached hydrogen (secondary N) is 1. The van der Waals surface area contributed by atoms with Gasteiger partial charge in [-0.2, -0.15) is 4.31 Å². The maximum Gasteiger partial charge on any atom is 0.514 e. The molecule has 1 saturated heterocycles. The van der Waals surface area contributed by atoms with E-state index in [-0.39, 0.29) is 28.2 Å². The third kappa shape index (κ3) is 12.7. The summed E-state index contributed by atoms with van der Waals surface area (Å²) < 4.78 is 93.9. The largest absolute Gasteiger partial charge is 0.514 e. The highest BCUT2D eigenvalue weighted by Crippen LogP contribution is 2.68. The number of unbranched alkanes of at least 4 members (excludes halogenated alkanes) is 1. The third-order valence-electron chi connectivity index (χ3n) is 9.78. The molecule has 0 aliphatic carbocycles. The Labute approximate surface area is 381 Å². The van der Waals surface area contributed by atoms with Crippen LogP contribution in [0, 0.1) is 0 Å². The number of methoxy groups -OCH3 is 2. The number of anilines is 1. The Morgan fingerprint density at radius 3 is 2.06 bits per heavy atom. The highest BCUT2D eigenvalue weighted by molar-refractivity contribution is 7.68. The van der Waals surface area contributed by atoms with Crippen molar-refractivity contribution >= 4 is 63.3 Å². The van der Waals surface area contributed by atoms with Gasteiger partial charge in [0, 0.05) is 18.7 Å². The Morgan fingerprint density at radius 1 is 0.761 bits per heavy atom. The lowest BCUT2D eigenvalue weighted by atomic mass is 10.1. The standard InChI is InChI=1S/C41H44N5O18P3/c1-4-5-19-42-37-34-38(44-24-43-37)46(25-45-34)39-36(62-41(48)59-31-17-10-15-29(21-31)56-3)35(61-40(47)58-30-16-9-14-28(20-30)55-2)33(60-39)22-57-66(51,52)64-67(53,54)63-65(49,50)23-27-13-8-12-26-11-6-7-18-32(26)27/h6-18,20-21,24-25,33,35-36,39H,4-5,19,22-23H2,1-3H3,(H,49,50)(H,51,52)(H,53,54)(H,42,43,44)/t33-,35?,36+,39-/m1/s1. The van der Waals surface area contributed by atoms with Crippen LogP contribution in [0.5, 0.6) is 23.0 Å². The Kier molecular flexibility index (Phi) is 15.6. The fourth-order valence-electron chi connectivity index (χ4n) is 6.85. The van der Waals surface area contributed by atoms with Gasteiger partial charge in [0.1, 0.15) is 35.4 Å². The zero-order valence-corrected chi connectivity index (χ0v) is 38.4. The molecule has 356 valence electrons. The summed E-state index contributed by atoms with van der Waals surface area (Å²) >= 11 is 0. The number of ether oxygens (including phenoxy) is 7. The van der Waals surface area contributed by atoms with E-state index in [1.165, 1.54) is 73.9 Å². The average molecular weight is 988 g/mol. The first-order chi connectivity index (χ1) is 32.1. The first-order valence-electron chi connectivity index (χ1n) is 20.2. The van der Waals surface area contributed by atoms with E-state index in [4.69, 9.17) is 37.7 Å². The zero-order chi connectivity index (χ0) is 47.8. The minimum Gasteiger partial charge on any atom is -0.497 e. The van der Waals surface area contributed by atoms with Gasteiger partial charge in [0.2, 0.25) is 0 Å². The van der Waals surface area contributed by atoms with Crippen molar-refractivity contribution in [3.05, 3.63) is 109 Å². The van der Waals surface area contributed by atoms with Gasteiger partial charge in [-0.3, -0.25) is 13.7 Å². The van der Waals surface area contributed by atoms with Crippen molar-refractivity contribution in [3.63, 3.8) is 0 Å². The number of carbonyl (C=O) groups excluding carboxylic acids is 2. The number of carbonyl (C=O) groups is 2. The summed E-state index contributed by atoms with van der Waals surface area (Å²) in [5, 5.41) is 4.42. The van der Waals surface area contributed by atoms with Crippen molar-refractivity contribution in [1.82, 2.24) is 19.5 Å². The summed E-state index contributed by atoms with van der Waals surface area (Å²) in [4.78, 5) is 72.1. The number of benzene rings is 4. The Morgan fingerprint density at radius 2 is 1.39 bits per heavy atom. The van der Waals surface area contributed by atoms with Gasteiger partial charge in [-0.25, -0.2) is 38.0 Å². The van der Waals surface area contributed by atoms with E-state index in [0.29, 0.717) is 34.6 Å². The molecule has 7 rings (SSSR count). The molecule has 1 aliphatic rings. The molecule has 4 unspecified atom stereocenters. The summed E-state index contributed by atoms with van der Waals surface area (Å²) in [7, 11) is -13.9. The van der Waals surface area contributed by atoms with Gasteiger partial charge >= 0.3 is 35.6 Å². The lowest BCUT2D eigenvalue weighted by Crippen LogP contribution is -2.42. The van der Waals surface area contributed by atoms with Gasteiger partial charge < -0.3 is 53.2 Å². The molecule has 26 heteroatoms. The number of rotatable bonds is 20. The molecular formula is C41H44N5O18P3. The second kappa shape index (κ2) is 21.3. The number of phosphoric acid groups is 2. The third-order valence-corrected chi connectivity index (χ3v) is 14.5. The topological polar surface area (TPSA) is 294 Å². The molecule has 7 atom stereocenters. The molecule has 4 N–H and O–H groups in total. The maximum absolute atomic E-state index is 13.6. The van der Waals surface area contributed by atoms with E-state index in [1.54, 1.807) is 48.5 Å². The molecule has 67 heavy (non-hydrogen) atoms. The number of hydrogen-bond acceptors (Lipinski definition) is 19. The predicted molar refractivity (Wildman–Crippen MR) is 236 cm³/mol. The molecule has 23 nitrogen and oxygen atoms in total. The summed E-state index contributed by atoms with van der Waals surface area (Å²) in [5.41, 5.74) is 0.643. The molecule has 0 amide bonds. The van der Waals surface area contributed by atoms with Crippen LogP contribution in [0.2, 0.25) is 0 Å². The van der Waals surface area contributed by atoms with Crippen molar-refractivity contribution < 1.29 is 84.3 Å². The normalized spacial score (nSPS) is 19.7. The van der Waals surface area contributed by atoms with Crippen molar-refractivity contribution in [2.24, 2.45) is 0 Å². The van der Waals surface area contributed by atoms with Crippen LogP contribution in [0.4, 0.5) is 15.4 Å². The first kappa shape index (κ1) is 49.0. The lowest BCUT2D eigenvalue weighted by Gasteiger charge is -2.24. The average Bonchev–Trinajstić information content (AvgIpc) is 3.86. The first-order valence-corrected chi connectivity index (χ1v) is 24.9. The van der Waals surface area contributed by atoms with Crippen LogP contribution < -0.4 is 24.3 Å². The number of imidazole rings is 1. The minimum absolute atomic E-state index is 0.0169. The van der Waals surface area contributed by atoms with Crippen LogP contribution in [0.25, 0.3) is 21.9 Å². The number of phosphoric ester groups is 1. The van der Waals surface area contributed by atoms with Crippen LogP contribution >= 0.6 is 23.2 Å². The van der Waals surface area contributed by atoms with E-state index in [9.17, 15) is 38.0 Å². The van der Waals surface area contributed by atoms with Gasteiger partial charge in [0.05, 0.1) is 33.3 Å². The predicted octanol–water partition coefficient (Wildman–Crippen LogP) is 7.91. The molecule has 4 aromatic carbocycles. The molecule has 0 bridgehead atoms. The fourth-order valence-corrected chi connectivity index (χ4v) is 11.0. The highest BCUT2D eigenvalue weighted by atomic mass is 31.3. The van der Waals surface area contributed by atoms with Gasteiger partial charge in [-0.05, 0) is 47.0 Å². The van der Waals surface area contributed by atoms with Crippen molar-refractivity contribution in [3.8, 4) is 23.0 Å². The van der Waals surface area contributed by atoms with Crippen molar-refractivity contribution in [2.75, 3.05) is 32.7 Å². The molecule has 0 spiro atoms. The minimum atomic E-state index is -5.88. The van der Waals surface area contributed by atoms with Crippen LogP contribution in [-0.4, -0.2) is 92.2 Å². The molecule has 1 aliphatic heterocycles. The Balaban J connectivity index is 1.17. The Hall–Kier alpha value is -5.96. The second-order valence-electron chi connectivity index (χ2n) is 14.4. The van der Waals surface area contributed by atoms with Crippen molar-refractivity contribution in [2.45, 2.75) is 50.5 Å². The van der Waals surface area contributed by atoms with Gasteiger partial charge in [-0.1, -0.05) is 67.9 Å². The summed E-state index contributed by atoms with van der Waals surface area (Å²) in [5.74, 6) is 0.931. The van der Waals surface area contributed by atoms with E-state index >= 15 is 0 Å². The Bertz CT molecular complexity index is 2860. The summed E-state index contributed by atoms with van der Waals surface area (Å²) in [6, 6.07) is 23.5. The fraction of sp³-hybridized carbons (Fsp3) is 0.293. The molecule has 6 aromatic rings. The summed E-state index contributed by atoms with van der Waals surface area (Å²) in [6.45, 7) is 1.43. The number of fused-ring (bicyclic) bond motifs is 2.